The first-order valence-corrected chi connectivity index (χ1v) is 19.5. The Morgan fingerprint density at radius 1 is 0.893 bits per heavy atom. The second-order valence-electron chi connectivity index (χ2n) is 14.9. The Labute approximate surface area is 325 Å². The lowest BCUT2D eigenvalue weighted by atomic mass is 10.0. The van der Waals surface area contributed by atoms with Crippen molar-refractivity contribution in [1.29, 1.82) is 0 Å². The van der Waals surface area contributed by atoms with Crippen LogP contribution in [0.2, 0.25) is 0 Å². The molecule has 3 saturated heterocycles. The summed E-state index contributed by atoms with van der Waals surface area (Å²) in [5, 5.41) is 18.5. The molecular weight excluding hydrogens is 715 g/mol. The number of piperazine rings is 1. The zero-order chi connectivity index (χ0) is 39.2. The van der Waals surface area contributed by atoms with Crippen LogP contribution in [-0.2, 0) is 20.8 Å². The van der Waals surface area contributed by atoms with Crippen LogP contribution in [0.15, 0.2) is 73.1 Å². The molecule has 4 aliphatic heterocycles. The predicted octanol–water partition coefficient (Wildman–Crippen LogP) is 3.96. The highest BCUT2D eigenvalue weighted by atomic mass is 16.3. The van der Waals surface area contributed by atoms with Crippen molar-refractivity contribution < 1.29 is 33.9 Å². The summed E-state index contributed by atoms with van der Waals surface area (Å²) in [5.74, 6) is -1.31. The molecule has 3 atom stereocenters. The Hall–Kier alpha value is -6.05. The Balaban J connectivity index is 0.735. The summed E-state index contributed by atoms with van der Waals surface area (Å²) in [6, 6.07) is 15.3. The Kier molecular flexibility index (Phi) is 11.7. The summed E-state index contributed by atoms with van der Waals surface area (Å²) in [7, 11) is 0. The van der Waals surface area contributed by atoms with Crippen molar-refractivity contribution in [2.45, 2.75) is 82.3 Å². The molecule has 3 fully saturated rings. The zero-order valence-electron chi connectivity index (χ0n) is 31.2. The molecule has 2 bridgehead atoms. The lowest BCUT2D eigenvalue weighted by Gasteiger charge is -2.34. The van der Waals surface area contributed by atoms with Gasteiger partial charge in [-0.25, -0.2) is 4.98 Å². The maximum Gasteiger partial charge on any atom is 0.262 e. The molecule has 7 rings (SSSR count). The summed E-state index contributed by atoms with van der Waals surface area (Å²) in [5.41, 5.74) is 2.59. The van der Waals surface area contributed by atoms with Gasteiger partial charge < -0.3 is 25.5 Å². The summed E-state index contributed by atoms with van der Waals surface area (Å²) >= 11 is 0. The summed E-state index contributed by atoms with van der Waals surface area (Å²) in [4.78, 5) is 84.9. The third-order valence-electron chi connectivity index (χ3n) is 11.1. The Morgan fingerprint density at radius 3 is 2.46 bits per heavy atom. The maximum atomic E-state index is 13.0. The lowest BCUT2D eigenvalue weighted by molar-refractivity contribution is -0.136. The normalized spacial score (nSPS) is 20.2. The number of anilines is 2. The highest BCUT2D eigenvalue weighted by Crippen LogP contribution is 2.34. The molecule has 4 aliphatic rings. The van der Waals surface area contributed by atoms with Crippen LogP contribution in [0.1, 0.15) is 94.4 Å². The van der Waals surface area contributed by atoms with Gasteiger partial charge >= 0.3 is 0 Å². The number of carbonyl (C=O) groups excluding carboxylic acids is 6. The smallest absolute Gasteiger partial charge is 0.262 e. The van der Waals surface area contributed by atoms with Crippen molar-refractivity contribution in [3.63, 3.8) is 0 Å². The Morgan fingerprint density at radius 2 is 1.70 bits per heavy atom. The number of aromatic nitrogens is 1. The van der Waals surface area contributed by atoms with E-state index in [1.54, 1.807) is 36.4 Å². The molecule has 1 aromatic heterocycles. The standard InChI is InChI=1S/C42H47N7O7/c50-35-9-6-5-8-32(35)36(51)18-21-47-25-30-23-29(47)26-48(30)37-15-11-27(24-45-37)17-20-44-38(52)10-4-2-1-3-7-19-43-28-12-13-31-33(22-28)42(56)49(41(31)55)34-14-16-39(53)46-40(34)54/h5-6,8-9,11-13,15,18,21-22,24,29-30,34,43,50H,1-4,7,10,14,16-17,19-20,23,25-26H2,(H,44,52)(H,46,53,54)/b21-18+/t29-,30-,34?/m0/s1. The van der Waals surface area contributed by atoms with Gasteiger partial charge in [-0.3, -0.25) is 39.0 Å². The van der Waals surface area contributed by atoms with Crippen molar-refractivity contribution in [2.24, 2.45) is 0 Å². The molecule has 14 nitrogen and oxygen atoms in total. The number of fused-ring (bicyclic) bond motifs is 3. The monoisotopic (exact) mass is 761 g/mol. The van der Waals surface area contributed by atoms with Crippen molar-refractivity contribution in [3.05, 3.63) is 95.3 Å². The molecule has 292 valence electrons. The molecule has 0 saturated carbocycles. The number of amides is 5. The molecule has 56 heavy (non-hydrogen) atoms. The van der Waals surface area contributed by atoms with E-state index in [1.807, 2.05) is 18.5 Å². The quantitative estimate of drug-likeness (QED) is 0.0677. The number of para-hydroxylation sites is 1. The number of hydrogen-bond acceptors (Lipinski definition) is 11. The molecule has 0 radical (unpaired) electrons. The van der Waals surface area contributed by atoms with E-state index in [2.05, 4.69) is 31.8 Å². The van der Waals surface area contributed by atoms with Crippen LogP contribution in [0.5, 0.6) is 5.75 Å². The second-order valence-corrected chi connectivity index (χ2v) is 14.9. The van der Waals surface area contributed by atoms with Crippen molar-refractivity contribution >= 4 is 46.8 Å². The number of piperidine rings is 1. The average molecular weight is 762 g/mol. The third-order valence-corrected chi connectivity index (χ3v) is 11.1. The van der Waals surface area contributed by atoms with Crippen LogP contribution in [0.3, 0.4) is 0 Å². The second kappa shape index (κ2) is 17.2. The van der Waals surface area contributed by atoms with Crippen LogP contribution in [0.4, 0.5) is 11.5 Å². The van der Waals surface area contributed by atoms with Crippen molar-refractivity contribution in [2.75, 3.05) is 36.4 Å². The largest absolute Gasteiger partial charge is 0.507 e. The van der Waals surface area contributed by atoms with Crippen LogP contribution >= 0.6 is 0 Å². The predicted molar refractivity (Wildman–Crippen MR) is 208 cm³/mol. The van der Waals surface area contributed by atoms with Gasteiger partial charge in [0.05, 0.1) is 16.7 Å². The topological polar surface area (TPSA) is 181 Å². The van der Waals surface area contributed by atoms with E-state index in [-0.39, 0.29) is 41.4 Å². The number of aromatic hydroxyl groups is 1. The minimum absolute atomic E-state index is 0.0128. The number of hydrogen-bond donors (Lipinski definition) is 4. The summed E-state index contributed by atoms with van der Waals surface area (Å²) < 4.78 is 0. The molecule has 0 aliphatic carbocycles. The third kappa shape index (κ3) is 8.59. The van der Waals surface area contributed by atoms with Crippen molar-refractivity contribution in [1.82, 2.24) is 25.4 Å². The number of imide groups is 2. The number of nitrogens with zero attached hydrogens (tertiary/aromatic N) is 4. The molecule has 5 amide bonds. The van der Waals surface area contributed by atoms with Gasteiger partial charge in [-0.1, -0.05) is 37.5 Å². The van der Waals surface area contributed by atoms with E-state index in [4.69, 9.17) is 4.98 Å². The number of pyridine rings is 1. The number of rotatable bonds is 17. The number of phenols is 1. The number of nitrogens with one attached hydrogen (secondary N) is 3. The number of benzene rings is 2. The van der Waals surface area contributed by atoms with E-state index in [9.17, 15) is 33.9 Å². The van der Waals surface area contributed by atoms with Gasteiger partial charge in [0.15, 0.2) is 5.78 Å². The SMILES string of the molecule is O=C(CCCCCCCNc1ccc2c(c1)C(=O)N(C1CCC(=O)NC1=O)C2=O)NCCc1ccc(N2C[C@@H]3C[C@H]2CN3/C=C/C(=O)c2ccccc2O)nc1. The van der Waals surface area contributed by atoms with Crippen LogP contribution in [0, 0.1) is 0 Å². The highest BCUT2D eigenvalue weighted by Gasteiger charge is 2.45. The first-order chi connectivity index (χ1) is 27.2. The lowest BCUT2D eigenvalue weighted by Crippen LogP contribution is -2.54. The molecule has 5 heterocycles. The summed E-state index contributed by atoms with van der Waals surface area (Å²) in [6.07, 6.45) is 12.3. The van der Waals surface area contributed by atoms with E-state index >= 15 is 0 Å². The fraction of sp³-hybridized carbons (Fsp3) is 0.405. The van der Waals surface area contributed by atoms with Gasteiger partial charge in [0, 0.05) is 75.3 Å². The van der Waals surface area contributed by atoms with Crippen LogP contribution in [-0.4, -0.2) is 99.5 Å². The maximum absolute atomic E-state index is 13.0. The minimum Gasteiger partial charge on any atom is -0.507 e. The van der Waals surface area contributed by atoms with Gasteiger partial charge in [0.25, 0.3) is 11.8 Å². The fourth-order valence-electron chi connectivity index (χ4n) is 8.02. The van der Waals surface area contributed by atoms with Gasteiger partial charge in [-0.05, 0) is 74.1 Å². The van der Waals surface area contributed by atoms with Gasteiger partial charge in [-0.2, -0.15) is 0 Å². The molecule has 4 N–H and O–H groups in total. The molecule has 0 spiro atoms. The number of ketones is 1. The van der Waals surface area contributed by atoms with Gasteiger partial charge in [-0.15, -0.1) is 0 Å². The van der Waals surface area contributed by atoms with E-state index in [0.29, 0.717) is 43.6 Å². The zero-order valence-corrected chi connectivity index (χ0v) is 31.2. The average Bonchev–Trinajstić information content (AvgIpc) is 3.87. The van der Waals surface area contributed by atoms with E-state index in [1.165, 1.54) is 12.1 Å². The number of carbonyl (C=O) groups is 6. The van der Waals surface area contributed by atoms with Crippen molar-refractivity contribution in [3.8, 4) is 5.75 Å². The molecule has 2 aromatic carbocycles. The first-order valence-electron chi connectivity index (χ1n) is 19.5. The van der Waals surface area contributed by atoms with Crippen LogP contribution in [0.25, 0.3) is 0 Å². The minimum atomic E-state index is -0.982. The molecular formula is C42H47N7O7. The molecule has 3 aromatic rings. The number of allylic oxidation sites excluding steroid dienone is 1. The number of unbranched alkanes of at least 4 members (excludes halogenated alkanes) is 4. The molecule has 1 unspecified atom stereocenters. The fourth-order valence-corrected chi connectivity index (χ4v) is 8.02. The Bertz CT molecular complexity index is 2030. The first kappa shape index (κ1) is 38.2. The highest BCUT2D eigenvalue weighted by molar-refractivity contribution is 6.23. The number of phenolic OH excluding ortho intramolecular Hbond substituents is 1. The van der Waals surface area contributed by atoms with E-state index in [0.717, 1.165) is 73.6 Å². The van der Waals surface area contributed by atoms with Gasteiger partial charge in [0.2, 0.25) is 17.7 Å². The summed E-state index contributed by atoms with van der Waals surface area (Å²) in [6.45, 7) is 2.88. The van der Waals surface area contributed by atoms with Crippen LogP contribution < -0.4 is 20.9 Å². The molecule has 14 heteroatoms. The van der Waals surface area contributed by atoms with E-state index < -0.39 is 29.7 Å². The number of likely N-dealkylation sites (tertiary alicyclic amines) is 1. The van der Waals surface area contributed by atoms with Gasteiger partial charge in [0.1, 0.15) is 17.6 Å².